The van der Waals surface area contributed by atoms with Crippen molar-refractivity contribution in [3.63, 3.8) is 0 Å². The van der Waals surface area contributed by atoms with Gasteiger partial charge in [0.25, 0.3) is 0 Å². The molecule has 5 nitrogen and oxygen atoms in total. The molecule has 1 aliphatic carbocycles. The minimum Gasteiger partial charge on any atom is -0.507 e. The lowest BCUT2D eigenvalue weighted by Crippen LogP contribution is -2.05. The van der Waals surface area contributed by atoms with Crippen LogP contribution in [0.5, 0.6) is 5.75 Å². The first-order valence-corrected chi connectivity index (χ1v) is 8.62. The van der Waals surface area contributed by atoms with Gasteiger partial charge in [0.15, 0.2) is 5.65 Å². The second-order valence-corrected chi connectivity index (χ2v) is 6.90. The molecule has 1 aliphatic rings. The Bertz CT molecular complexity index is 1080. The van der Waals surface area contributed by atoms with E-state index >= 15 is 0 Å². The number of fused-ring (bicyclic) bond motifs is 1. The zero-order valence-corrected chi connectivity index (χ0v) is 14.9. The van der Waals surface area contributed by atoms with Gasteiger partial charge >= 0.3 is 6.18 Å². The maximum absolute atomic E-state index is 12.9. The van der Waals surface area contributed by atoms with Gasteiger partial charge in [-0.3, -0.25) is 4.68 Å². The number of phenolic OH excluding ortho intramolecular Hbond substituents is 1. The second kappa shape index (κ2) is 6.44. The van der Waals surface area contributed by atoms with E-state index in [4.69, 9.17) is 11.2 Å². The van der Waals surface area contributed by atoms with Gasteiger partial charge in [-0.15, -0.1) is 0 Å². The van der Waals surface area contributed by atoms with Crippen molar-refractivity contribution in [1.29, 1.82) is 0 Å². The molecule has 0 radical (unpaired) electrons. The van der Waals surface area contributed by atoms with E-state index in [1.54, 1.807) is 12.1 Å². The first-order chi connectivity index (χ1) is 13.3. The first kappa shape index (κ1) is 18.2. The van der Waals surface area contributed by atoms with Crippen molar-refractivity contribution in [2.24, 2.45) is 5.92 Å². The predicted molar refractivity (Wildman–Crippen MR) is 96.3 cm³/mol. The molecule has 0 bridgehead atoms. The fraction of sp³-hybridized carbons (Fsp3) is 0.300. The summed E-state index contributed by atoms with van der Waals surface area (Å²) in [5, 5.41) is 15.5. The molecular formula is C20H16F3N3O2. The van der Waals surface area contributed by atoms with Crippen LogP contribution in [0.2, 0.25) is 0 Å². The molecule has 0 aliphatic heterocycles. The highest BCUT2D eigenvalue weighted by Crippen LogP contribution is 2.43. The largest absolute Gasteiger partial charge is 0.507 e. The Morgan fingerprint density at radius 2 is 2.14 bits per heavy atom. The van der Waals surface area contributed by atoms with Crippen LogP contribution in [0.4, 0.5) is 13.2 Å². The van der Waals surface area contributed by atoms with Gasteiger partial charge < -0.3 is 9.84 Å². The lowest BCUT2D eigenvalue weighted by molar-refractivity contribution is -0.137. The Morgan fingerprint density at radius 3 is 2.82 bits per heavy atom. The van der Waals surface area contributed by atoms with Crippen molar-refractivity contribution in [1.82, 2.24) is 14.8 Å². The normalized spacial score (nSPS) is 18.8. The maximum atomic E-state index is 12.9. The van der Waals surface area contributed by atoms with Gasteiger partial charge in [-0.1, -0.05) is 6.42 Å². The van der Waals surface area contributed by atoms with Crippen LogP contribution in [0.1, 0.15) is 23.6 Å². The molecule has 1 aromatic carbocycles. The summed E-state index contributed by atoms with van der Waals surface area (Å²) in [5.74, 6) is -0.168. The van der Waals surface area contributed by atoms with Gasteiger partial charge in [0.1, 0.15) is 18.5 Å². The number of nitrogens with zero attached hydrogens (tertiary/aromatic N) is 3. The quantitative estimate of drug-likeness (QED) is 0.678. The molecule has 1 unspecified atom stereocenters. The smallest absolute Gasteiger partial charge is 0.416 e. The van der Waals surface area contributed by atoms with Crippen molar-refractivity contribution < 1.29 is 23.0 Å². The van der Waals surface area contributed by atoms with Gasteiger partial charge in [-0.05, 0) is 43.2 Å². The van der Waals surface area contributed by atoms with E-state index in [-0.39, 0.29) is 17.2 Å². The van der Waals surface area contributed by atoms with Gasteiger partial charge in [-0.25, -0.2) is 4.98 Å². The third-order valence-electron chi connectivity index (χ3n) is 4.89. The lowest BCUT2D eigenvalue weighted by Gasteiger charge is -2.13. The van der Waals surface area contributed by atoms with Crippen molar-refractivity contribution in [2.45, 2.75) is 25.6 Å². The Morgan fingerprint density at radius 1 is 1.36 bits per heavy atom. The van der Waals surface area contributed by atoms with E-state index < -0.39 is 17.5 Å². The Balaban J connectivity index is 1.67. The van der Waals surface area contributed by atoms with Crippen molar-refractivity contribution in [3.05, 3.63) is 41.6 Å². The molecule has 8 heteroatoms. The monoisotopic (exact) mass is 387 g/mol. The van der Waals surface area contributed by atoms with Crippen LogP contribution in [-0.4, -0.2) is 26.5 Å². The number of hydrogen-bond acceptors (Lipinski definition) is 4. The van der Waals surface area contributed by atoms with Gasteiger partial charge in [0.2, 0.25) is 0 Å². The lowest BCUT2D eigenvalue weighted by atomic mass is 10.00. The van der Waals surface area contributed by atoms with Crippen LogP contribution < -0.4 is 0 Å². The van der Waals surface area contributed by atoms with Crippen LogP contribution in [0, 0.1) is 25.4 Å². The topological polar surface area (TPSA) is 60.2 Å². The zero-order chi connectivity index (χ0) is 20.1. The number of halogens is 3. The van der Waals surface area contributed by atoms with Crippen molar-refractivity contribution >= 4 is 11.0 Å². The fourth-order valence-electron chi connectivity index (χ4n) is 3.39. The van der Waals surface area contributed by atoms with E-state index in [0.29, 0.717) is 29.9 Å². The highest BCUT2D eigenvalue weighted by Gasteiger charge is 2.40. The third-order valence-corrected chi connectivity index (χ3v) is 4.89. The predicted octanol–water partition coefficient (Wildman–Crippen LogP) is 4.30. The highest BCUT2D eigenvalue weighted by atomic mass is 19.4. The molecular weight excluding hydrogens is 371 g/mol. The SMILES string of the molecule is C#COC[C@@H]1CC1n1cc2ccc(-c3c(C)cc(C(F)(F)F)cc3O)nc2n1. The summed E-state index contributed by atoms with van der Waals surface area (Å²) in [4.78, 5) is 4.44. The highest BCUT2D eigenvalue weighted by molar-refractivity contribution is 5.80. The molecule has 0 spiro atoms. The number of ether oxygens (including phenoxy) is 1. The Hall–Kier alpha value is -3.21. The van der Waals surface area contributed by atoms with Crippen LogP contribution in [0.3, 0.4) is 0 Å². The molecule has 2 heterocycles. The zero-order valence-electron chi connectivity index (χ0n) is 14.9. The number of phenols is 1. The number of aromatic nitrogens is 3. The number of rotatable bonds is 4. The molecule has 2 atom stereocenters. The van der Waals surface area contributed by atoms with Crippen LogP contribution in [-0.2, 0) is 10.9 Å². The molecule has 2 aromatic heterocycles. The number of hydrogen-bond donors (Lipinski definition) is 1. The molecule has 1 saturated carbocycles. The van der Waals surface area contributed by atoms with E-state index in [9.17, 15) is 18.3 Å². The van der Waals surface area contributed by atoms with Crippen LogP contribution in [0.25, 0.3) is 22.3 Å². The van der Waals surface area contributed by atoms with E-state index in [2.05, 4.69) is 16.2 Å². The minimum atomic E-state index is -4.53. The van der Waals surface area contributed by atoms with E-state index in [0.717, 1.165) is 17.9 Å². The third kappa shape index (κ3) is 3.24. The van der Waals surface area contributed by atoms with Gasteiger partial charge in [0, 0.05) is 23.1 Å². The summed E-state index contributed by atoms with van der Waals surface area (Å²) in [7, 11) is 0. The summed E-state index contributed by atoms with van der Waals surface area (Å²) >= 11 is 0. The van der Waals surface area contributed by atoms with Gasteiger partial charge in [0.05, 0.1) is 17.3 Å². The number of aryl methyl sites for hydroxylation is 1. The molecule has 28 heavy (non-hydrogen) atoms. The molecule has 3 aromatic rings. The van der Waals surface area contributed by atoms with Crippen molar-refractivity contribution in [3.8, 4) is 29.5 Å². The average Bonchev–Trinajstić information content (AvgIpc) is 3.27. The molecule has 144 valence electrons. The second-order valence-electron chi connectivity index (χ2n) is 6.90. The summed E-state index contributed by atoms with van der Waals surface area (Å²) in [5.41, 5.74) is 0.471. The summed E-state index contributed by atoms with van der Waals surface area (Å²) < 4.78 is 45.6. The molecule has 1 fully saturated rings. The average molecular weight is 387 g/mol. The molecule has 4 rings (SSSR count). The van der Waals surface area contributed by atoms with E-state index in [1.165, 1.54) is 6.92 Å². The number of alkyl halides is 3. The summed E-state index contributed by atoms with van der Waals surface area (Å²) in [6.07, 6.45) is 5.49. The number of terminal acetylenes is 1. The number of benzene rings is 1. The molecule has 0 saturated heterocycles. The fourth-order valence-corrected chi connectivity index (χ4v) is 3.39. The molecule has 0 amide bonds. The molecule has 1 N–H and O–H groups in total. The maximum Gasteiger partial charge on any atom is 0.416 e. The Kier molecular flexibility index (Phi) is 4.18. The van der Waals surface area contributed by atoms with Crippen molar-refractivity contribution in [2.75, 3.05) is 6.61 Å². The van der Waals surface area contributed by atoms with E-state index in [1.807, 2.05) is 10.9 Å². The standard InChI is InChI=1S/C20H16F3N3O2/c1-3-28-10-13-7-16(13)26-9-12-4-5-15(24-19(12)25-26)18-11(2)6-14(8-17(18)27)20(21,22)23/h1,4-6,8-9,13,16,27H,7,10H2,2H3/t13-,16?/m0/s1. The minimum absolute atomic E-state index is 0.187. The van der Waals surface area contributed by atoms with Gasteiger partial charge in [-0.2, -0.15) is 18.3 Å². The summed E-state index contributed by atoms with van der Waals surface area (Å²) in [6.45, 7) is 1.98. The van der Waals surface area contributed by atoms with Crippen LogP contribution in [0.15, 0.2) is 30.5 Å². The van der Waals surface area contributed by atoms with Crippen LogP contribution >= 0.6 is 0 Å². The number of aromatic hydroxyl groups is 1. The number of pyridine rings is 1. The Labute approximate surface area is 158 Å². The summed E-state index contributed by atoms with van der Waals surface area (Å²) in [6, 6.07) is 5.35. The first-order valence-electron chi connectivity index (χ1n) is 8.62.